The third kappa shape index (κ3) is 12.5. The minimum Gasteiger partial charge on any atom is -0.371 e. The number of likely N-dealkylation sites (N-methyl/N-ethyl adjacent to an activating group) is 1. The van der Waals surface area contributed by atoms with Gasteiger partial charge in [0.05, 0.1) is 16.1 Å². The number of nitrogens with zero attached hydrogens (tertiary/aromatic N) is 7. The summed E-state index contributed by atoms with van der Waals surface area (Å²) in [7, 11) is 3.85. The summed E-state index contributed by atoms with van der Waals surface area (Å²) in [5, 5.41) is 11.7. The number of hydrogen-bond donors (Lipinski definition) is 1. The van der Waals surface area contributed by atoms with E-state index in [2.05, 4.69) is 49.9 Å². The first-order chi connectivity index (χ1) is 30.9. The van der Waals surface area contributed by atoms with Gasteiger partial charge in [0, 0.05) is 119 Å². The quantitative estimate of drug-likeness (QED) is 0.185. The van der Waals surface area contributed by atoms with Crippen LogP contribution in [-0.2, 0) is 9.59 Å². The summed E-state index contributed by atoms with van der Waals surface area (Å²) in [4.78, 5) is 71.4. The molecule has 14 heteroatoms. The second-order valence-electron chi connectivity index (χ2n) is 17.6. The highest BCUT2D eigenvalue weighted by Crippen LogP contribution is 2.46. The number of hydrogen-bond acceptors (Lipinski definition) is 11. The molecule has 4 saturated heterocycles. The minimum absolute atomic E-state index is 0.139. The van der Waals surface area contributed by atoms with Crippen LogP contribution in [0.15, 0.2) is 60.7 Å². The highest BCUT2D eigenvalue weighted by atomic mass is 35.5. The van der Waals surface area contributed by atoms with E-state index in [1.54, 1.807) is 18.0 Å². The second kappa shape index (κ2) is 23.6. The predicted molar refractivity (Wildman–Crippen MR) is 256 cm³/mol. The molecule has 4 heterocycles. The first-order valence-corrected chi connectivity index (χ1v) is 23.3. The van der Waals surface area contributed by atoms with E-state index in [-0.39, 0.29) is 24.3 Å². The van der Waals surface area contributed by atoms with Gasteiger partial charge in [-0.2, -0.15) is 5.26 Å². The number of imide groups is 1. The Morgan fingerprint density at radius 2 is 1.50 bits per heavy atom. The average Bonchev–Trinajstić information content (AvgIpc) is 3.65. The summed E-state index contributed by atoms with van der Waals surface area (Å²) >= 11 is 6.26. The number of carbonyl (C=O) groups is 5. The van der Waals surface area contributed by atoms with Crippen molar-refractivity contribution in [1.82, 2.24) is 20.0 Å². The van der Waals surface area contributed by atoms with Gasteiger partial charge in [-0.3, -0.25) is 34.2 Å². The molecule has 344 valence electrons. The van der Waals surface area contributed by atoms with Crippen molar-refractivity contribution >= 4 is 59.5 Å². The molecule has 2 unspecified atom stereocenters. The van der Waals surface area contributed by atoms with Gasteiger partial charge in [-0.1, -0.05) is 25.4 Å². The van der Waals surface area contributed by atoms with Crippen LogP contribution in [0, 0.1) is 16.7 Å². The van der Waals surface area contributed by atoms with E-state index in [0.717, 1.165) is 108 Å². The Morgan fingerprint density at radius 1 is 0.875 bits per heavy atom. The third-order valence-electron chi connectivity index (χ3n) is 13.7. The Kier molecular flexibility index (Phi) is 18.3. The number of nitriles is 1. The SMILES string of the molecule is CC.CC(CCC(=O)NC=O)N(C)C(=O)c1cc(N2CCC(N3CCN(C)CC3)CC2)ccc1C=O.CC1CC2(CCN(c3ccc(C=O)cc3)CC2)CN1c1ccc(C#N)c(Cl)c1. The fourth-order valence-corrected chi connectivity index (χ4v) is 9.79. The molecular weight excluding hydrogens is 828 g/mol. The van der Waals surface area contributed by atoms with E-state index in [4.69, 9.17) is 16.9 Å². The molecule has 4 fully saturated rings. The smallest absolute Gasteiger partial charge is 0.254 e. The maximum absolute atomic E-state index is 13.2. The molecule has 3 aromatic carbocycles. The van der Waals surface area contributed by atoms with Crippen molar-refractivity contribution in [2.45, 2.75) is 90.8 Å². The largest absolute Gasteiger partial charge is 0.371 e. The average molecular weight is 896 g/mol. The van der Waals surface area contributed by atoms with Crippen LogP contribution in [-0.4, -0.2) is 137 Å². The molecule has 0 saturated carbocycles. The van der Waals surface area contributed by atoms with Gasteiger partial charge < -0.3 is 24.5 Å². The molecule has 0 bridgehead atoms. The normalized spacial score (nSPS) is 19.3. The number of halogens is 1. The van der Waals surface area contributed by atoms with E-state index >= 15 is 0 Å². The predicted octanol–water partition coefficient (Wildman–Crippen LogP) is 7.16. The van der Waals surface area contributed by atoms with Crippen LogP contribution in [0.1, 0.15) is 109 Å². The zero-order chi connectivity index (χ0) is 46.4. The maximum atomic E-state index is 13.2. The molecule has 2 atom stereocenters. The Hall–Kier alpha value is -5.29. The van der Waals surface area contributed by atoms with E-state index in [9.17, 15) is 24.0 Å². The Morgan fingerprint density at radius 3 is 2.09 bits per heavy atom. The summed E-state index contributed by atoms with van der Waals surface area (Å²) in [5.41, 5.74) is 5.58. The second-order valence-corrected chi connectivity index (χ2v) is 18.0. The molecule has 4 aliphatic heterocycles. The number of nitrogens with one attached hydrogen (secondary N) is 1. The number of benzene rings is 3. The lowest BCUT2D eigenvalue weighted by atomic mass is 9.76. The summed E-state index contributed by atoms with van der Waals surface area (Å²) in [6, 6.07) is 22.1. The monoisotopic (exact) mass is 894 g/mol. The standard InChI is InChI=1S/C25H37N5O4.C23H24ClN3O.C2H6/c1-19(4-7-24(33)26-18-32)28(3)25(34)23-16-22(6-5-20(23)17-31)29-10-8-21(9-11-29)30-14-12-27(2)13-15-30;1-17-13-23(16-27(17)21-7-4-19(14-25)22(24)12-21)8-10-26(11-9-23)20-5-2-18(15-28)3-6-20;1-2/h5-6,16-19,21H,4,7-15H2,1-3H3,(H,26,32,33);2-7,12,15,17H,8-11,13,16H2,1H3;1-2H3. The van der Waals surface area contributed by atoms with Gasteiger partial charge in [-0.25, -0.2) is 0 Å². The number of piperidine rings is 2. The fourth-order valence-electron chi connectivity index (χ4n) is 9.57. The number of anilines is 3. The zero-order valence-electron chi connectivity index (χ0n) is 38.6. The van der Waals surface area contributed by atoms with Crippen LogP contribution in [0.5, 0.6) is 0 Å². The Labute approximate surface area is 385 Å². The van der Waals surface area contributed by atoms with Crippen molar-refractivity contribution < 1.29 is 24.0 Å². The highest BCUT2D eigenvalue weighted by Gasteiger charge is 2.44. The Bertz CT molecular complexity index is 2090. The molecular formula is C50H67ClN8O5. The van der Waals surface area contributed by atoms with Gasteiger partial charge in [-0.15, -0.1) is 0 Å². The maximum Gasteiger partial charge on any atom is 0.254 e. The lowest BCUT2D eigenvalue weighted by Crippen LogP contribution is -2.52. The number of aldehydes is 2. The molecule has 0 radical (unpaired) electrons. The van der Waals surface area contributed by atoms with E-state index < -0.39 is 0 Å². The first kappa shape index (κ1) is 49.7. The number of rotatable bonds is 12. The van der Waals surface area contributed by atoms with Gasteiger partial charge in [-0.05, 0) is 125 Å². The van der Waals surface area contributed by atoms with Crippen LogP contribution in [0.25, 0.3) is 0 Å². The molecule has 3 aromatic rings. The summed E-state index contributed by atoms with van der Waals surface area (Å²) < 4.78 is 0. The molecule has 4 aliphatic rings. The van der Waals surface area contributed by atoms with Crippen LogP contribution in [0.4, 0.5) is 17.1 Å². The van der Waals surface area contributed by atoms with Gasteiger partial charge in [0.2, 0.25) is 12.3 Å². The molecule has 3 amide bonds. The van der Waals surface area contributed by atoms with Crippen LogP contribution in [0.2, 0.25) is 5.02 Å². The van der Waals surface area contributed by atoms with Crippen molar-refractivity contribution in [2.24, 2.45) is 5.41 Å². The van der Waals surface area contributed by atoms with Gasteiger partial charge in [0.1, 0.15) is 12.4 Å². The van der Waals surface area contributed by atoms with E-state index in [1.807, 2.05) is 75.4 Å². The van der Waals surface area contributed by atoms with Gasteiger partial charge >= 0.3 is 0 Å². The van der Waals surface area contributed by atoms with Crippen molar-refractivity contribution in [3.05, 3.63) is 87.9 Å². The van der Waals surface area contributed by atoms with Crippen molar-refractivity contribution in [3.8, 4) is 6.07 Å². The first-order valence-electron chi connectivity index (χ1n) is 22.9. The number of piperazine rings is 1. The summed E-state index contributed by atoms with van der Waals surface area (Å²) in [6.45, 7) is 17.6. The molecule has 0 aliphatic carbocycles. The molecule has 13 nitrogen and oxygen atoms in total. The molecule has 1 N–H and O–H groups in total. The van der Waals surface area contributed by atoms with Gasteiger partial charge in [0.15, 0.2) is 6.29 Å². The van der Waals surface area contributed by atoms with Crippen molar-refractivity contribution in [2.75, 3.05) is 87.7 Å². The van der Waals surface area contributed by atoms with Crippen molar-refractivity contribution in [3.63, 3.8) is 0 Å². The molecule has 64 heavy (non-hydrogen) atoms. The summed E-state index contributed by atoms with van der Waals surface area (Å²) in [5.74, 6) is -0.627. The molecule has 0 aromatic heterocycles. The lowest BCUT2D eigenvalue weighted by molar-refractivity contribution is -0.125. The third-order valence-corrected chi connectivity index (χ3v) is 14.0. The molecule has 7 rings (SSSR count). The van der Waals surface area contributed by atoms with Crippen LogP contribution < -0.4 is 20.0 Å². The van der Waals surface area contributed by atoms with Crippen LogP contribution >= 0.6 is 11.6 Å². The lowest BCUT2D eigenvalue weighted by Gasteiger charge is -2.42. The zero-order valence-corrected chi connectivity index (χ0v) is 39.4. The van der Waals surface area contributed by atoms with E-state index in [0.29, 0.717) is 58.3 Å². The minimum atomic E-state index is -0.377. The highest BCUT2D eigenvalue weighted by molar-refractivity contribution is 6.32. The number of carbonyl (C=O) groups excluding carboxylic acids is 5. The topological polar surface area (TPSA) is 141 Å². The van der Waals surface area contributed by atoms with Crippen LogP contribution in [0.3, 0.4) is 0 Å². The number of amides is 3. The van der Waals surface area contributed by atoms with E-state index in [1.165, 1.54) is 12.1 Å². The fraction of sp³-hybridized carbons (Fsp3) is 0.520. The van der Waals surface area contributed by atoms with Gasteiger partial charge in [0.25, 0.3) is 5.91 Å². The Balaban J connectivity index is 0.000000235. The van der Waals surface area contributed by atoms with Crippen molar-refractivity contribution in [1.29, 1.82) is 5.26 Å². The summed E-state index contributed by atoms with van der Waals surface area (Å²) in [6.07, 6.45) is 8.19. The molecule has 1 spiro atoms.